The summed E-state index contributed by atoms with van der Waals surface area (Å²) < 4.78 is 14.3. The van der Waals surface area contributed by atoms with Gasteiger partial charge in [0.2, 0.25) is 0 Å². The van der Waals surface area contributed by atoms with E-state index in [-0.39, 0.29) is 11.4 Å². The summed E-state index contributed by atoms with van der Waals surface area (Å²) in [5.41, 5.74) is 8.49. The molecule has 0 heterocycles. The van der Waals surface area contributed by atoms with E-state index >= 15 is 0 Å². The van der Waals surface area contributed by atoms with Crippen molar-refractivity contribution >= 4 is 15.9 Å². The van der Waals surface area contributed by atoms with Crippen molar-refractivity contribution in [3.8, 4) is 0 Å². The third kappa shape index (κ3) is 1.39. The van der Waals surface area contributed by atoms with Crippen LogP contribution >= 0.6 is 15.9 Å². The molecule has 0 saturated heterocycles. The summed E-state index contributed by atoms with van der Waals surface area (Å²) in [4.78, 5) is 0. The first-order valence-corrected chi connectivity index (χ1v) is 5.49. The van der Waals surface area contributed by atoms with Gasteiger partial charge in [0, 0.05) is 10.0 Å². The van der Waals surface area contributed by atoms with Gasteiger partial charge < -0.3 is 5.73 Å². The maximum absolute atomic E-state index is 13.5. The molecule has 0 bridgehead atoms. The Hall–Kier alpha value is -0.410. The van der Waals surface area contributed by atoms with Crippen molar-refractivity contribution in [2.45, 2.75) is 32.2 Å². The summed E-state index contributed by atoms with van der Waals surface area (Å²) in [5.74, 6) is -0.172. The van der Waals surface area contributed by atoms with Gasteiger partial charge >= 0.3 is 0 Å². The first-order chi connectivity index (χ1) is 6.46. The molecule has 1 aliphatic rings. The van der Waals surface area contributed by atoms with Crippen molar-refractivity contribution in [3.63, 3.8) is 0 Å². The molecule has 2 rings (SSSR count). The molecule has 1 fully saturated rings. The third-order valence-electron chi connectivity index (χ3n) is 3.02. The molecule has 1 aliphatic carbocycles. The Morgan fingerprint density at radius 3 is 2.43 bits per heavy atom. The molecule has 0 amide bonds. The molecule has 2 N–H and O–H groups in total. The van der Waals surface area contributed by atoms with Crippen LogP contribution in [0.3, 0.4) is 0 Å². The van der Waals surface area contributed by atoms with Crippen molar-refractivity contribution in [1.29, 1.82) is 0 Å². The molecule has 1 aromatic carbocycles. The highest BCUT2D eigenvalue weighted by Crippen LogP contribution is 2.46. The zero-order valence-electron chi connectivity index (χ0n) is 8.32. The monoisotopic (exact) mass is 257 g/mol. The molecule has 0 aliphatic heterocycles. The van der Waals surface area contributed by atoms with Crippen LogP contribution in [0.2, 0.25) is 0 Å². The van der Waals surface area contributed by atoms with Crippen molar-refractivity contribution < 1.29 is 4.39 Å². The quantitative estimate of drug-likeness (QED) is 0.822. The number of halogens is 2. The zero-order valence-corrected chi connectivity index (χ0v) is 9.91. The Kier molecular flexibility index (Phi) is 2.20. The summed E-state index contributed by atoms with van der Waals surface area (Å²) in [7, 11) is 0. The maximum Gasteiger partial charge on any atom is 0.127 e. The Bertz CT molecular complexity index is 397. The van der Waals surface area contributed by atoms with Crippen molar-refractivity contribution in [2.75, 3.05) is 0 Å². The smallest absolute Gasteiger partial charge is 0.127 e. The number of rotatable bonds is 1. The van der Waals surface area contributed by atoms with Crippen molar-refractivity contribution in [1.82, 2.24) is 0 Å². The molecule has 0 atom stereocenters. The highest BCUT2D eigenvalue weighted by atomic mass is 79.9. The van der Waals surface area contributed by atoms with Gasteiger partial charge in [-0.25, -0.2) is 4.39 Å². The molecule has 76 valence electrons. The highest BCUT2D eigenvalue weighted by Gasteiger charge is 2.41. The molecular formula is C11H13BrFN. The van der Waals surface area contributed by atoms with Gasteiger partial charge in [-0.05, 0) is 49.4 Å². The minimum atomic E-state index is -0.263. The van der Waals surface area contributed by atoms with Crippen LogP contribution in [0.25, 0.3) is 0 Å². The van der Waals surface area contributed by atoms with Crippen LogP contribution in [0.5, 0.6) is 0 Å². The lowest BCUT2D eigenvalue weighted by Crippen LogP contribution is -2.20. The van der Waals surface area contributed by atoms with E-state index in [1.165, 1.54) is 0 Å². The maximum atomic E-state index is 13.5. The minimum absolute atomic E-state index is 0.172. The topological polar surface area (TPSA) is 26.0 Å². The van der Waals surface area contributed by atoms with E-state index in [0.29, 0.717) is 5.56 Å². The van der Waals surface area contributed by atoms with Crippen LogP contribution in [-0.4, -0.2) is 0 Å². The molecule has 0 aromatic heterocycles. The summed E-state index contributed by atoms with van der Waals surface area (Å²) in [6, 6.07) is 1.59. The van der Waals surface area contributed by atoms with E-state index < -0.39 is 0 Å². The van der Waals surface area contributed by atoms with Gasteiger partial charge in [-0.1, -0.05) is 15.9 Å². The second-order valence-corrected chi connectivity index (χ2v) is 4.92. The predicted molar refractivity (Wildman–Crippen MR) is 58.7 cm³/mol. The lowest BCUT2D eigenvalue weighted by Gasteiger charge is -2.16. The highest BCUT2D eigenvalue weighted by molar-refractivity contribution is 9.10. The fraction of sp³-hybridized carbons (Fsp3) is 0.455. The minimum Gasteiger partial charge on any atom is -0.321 e. The van der Waals surface area contributed by atoms with E-state index in [9.17, 15) is 4.39 Å². The lowest BCUT2D eigenvalue weighted by molar-refractivity contribution is 0.606. The lowest BCUT2D eigenvalue weighted by atomic mass is 9.97. The second kappa shape index (κ2) is 3.04. The van der Waals surface area contributed by atoms with Gasteiger partial charge in [0.25, 0.3) is 0 Å². The van der Waals surface area contributed by atoms with E-state index in [1.807, 2.05) is 6.92 Å². The molecule has 0 radical (unpaired) electrons. The third-order valence-corrected chi connectivity index (χ3v) is 4.21. The van der Waals surface area contributed by atoms with Crippen molar-refractivity contribution in [3.05, 3.63) is 33.0 Å². The van der Waals surface area contributed by atoms with Crippen LogP contribution in [-0.2, 0) is 5.54 Å². The molecule has 3 heteroatoms. The van der Waals surface area contributed by atoms with Crippen molar-refractivity contribution in [2.24, 2.45) is 5.73 Å². The normalized spacial score (nSPS) is 18.4. The van der Waals surface area contributed by atoms with Gasteiger partial charge in [-0.2, -0.15) is 0 Å². The summed E-state index contributed by atoms with van der Waals surface area (Å²) in [6.45, 7) is 3.76. The standard InChI is InChI=1S/C11H13BrFN/c1-6-8(11(14)3-4-11)5-9(13)7(2)10(6)12/h5H,3-4,14H2,1-2H3. The molecule has 1 saturated carbocycles. The van der Waals surface area contributed by atoms with E-state index in [2.05, 4.69) is 15.9 Å². The van der Waals surface area contributed by atoms with Gasteiger partial charge in [-0.15, -0.1) is 0 Å². The molecule has 1 nitrogen and oxygen atoms in total. The SMILES string of the molecule is Cc1c(F)cc(C2(N)CC2)c(C)c1Br. The average Bonchev–Trinajstić information content (AvgIpc) is 2.87. The number of hydrogen-bond acceptors (Lipinski definition) is 1. The molecule has 1 aromatic rings. The van der Waals surface area contributed by atoms with Crippen LogP contribution in [0.15, 0.2) is 10.5 Å². The molecule has 14 heavy (non-hydrogen) atoms. The number of hydrogen-bond donors (Lipinski definition) is 1. The van der Waals surface area contributed by atoms with E-state index in [4.69, 9.17) is 5.73 Å². The van der Waals surface area contributed by atoms with Crippen LogP contribution in [0.1, 0.15) is 29.5 Å². The van der Waals surface area contributed by atoms with Gasteiger partial charge in [-0.3, -0.25) is 0 Å². The van der Waals surface area contributed by atoms with Crippen LogP contribution in [0, 0.1) is 19.7 Å². The second-order valence-electron chi connectivity index (χ2n) is 4.13. The molecule has 0 spiro atoms. The fourth-order valence-corrected chi connectivity index (χ4v) is 2.17. The Labute approximate surface area is 91.6 Å². The Morgan fingerprint density at radius 1 is 1.36 bits per heavy atom. The largest absolute Gasteiger partial charge is 0.321 e. The summed E-state index contributed by atoms with van der Waals surface area (Å²) in [5, 5.41) is 0. The molecular weight excluding hydrogens is 245 g/mol. The fourth-order valence-electron chi connectivity index (χ4n) is 1.77. The van der Waals surface area contributed by atoms with E-state index in [1.54, 1.807) is 13.0 Å². The zero-order chi connectivity index (χ0) is 10.5. The molecule has 0 unspecified atom stereocenters. The Balaban J connectivity index is 2.62. The summed E-state index contributed by atoms with van der Waals surface area (Å²) in [6.07, 6.45) is 1.92. The van der Waals surface area contributed by atoms with Crippen LogP contribution in [0.4, 0.5) is 4.39 Å². The first kappa shape index (κ1) is 10.1. The summed E-state index contributed by atoms with van der Waals surface area (Å²) >= 11 is 3.41. The van der Waals surface area contributed by atoms with E-state index in [0.717, 1.165) is 28.4 Å². The first-order valence-electron chi connectivity index (χ1n) is 4.70. The Morgan fingerprint density at radius 2 is 1.93 bits per heavy atom. The number of nitrogens with two attached hydrogens (primary N) is 1. The van der Waals surface area contributed by atoms with Gasteiger partial charge in [0.15, 0.2) is 0 Å². The number of benzene rings is 1. The van der Waals surface area contributed by atoms with Gasteiger partial charge in [0.1, 0.15) is 5.82 Å². The van der Waals surface area contributed by atoms with Gasteiger partial charge in [0.05, 0.1) is 0 Å². The van der Waals surface area contributed by atoms with Crippen LogP contribution < -0.4 is 5.73 Å². The predicted octanol–water partition coefficient (Wildman–Crippen LogP) is 3.15. The average molecular weight is 258 g/mol.